The van der Waals surface area contributed by atoms with Crippen molar-refractivity contribution < 1.29 is 27.9 Å². The highest BCUT2D eigenvalue weighted by Gasteiger charge is 2.44. The van der Waals surface area contributed by atoms with Crippen LogP contribution in [-0.4, -0.2) is 24.9 Å². The zero-order chi connectivity index (χ0) is 30.4. The monoisotopic (exact) mass is 576 g/mol. The molecule has 0 aliphatic heterocycles. The second-order valence-electron chi connectivity index (χ2n) is 9.61. The van der Waals surface area contributed by atoms with E-state index in [1.807, 2.05) is 91.0 Å². The third-order valence-corrected chi connectivity index (χ3v) is 7.06. The average molecular weight is 577 g/mol. The van der Waals surface area contributed by atoms with E-state index in [-0.39, 0.29) is 11.3 Å². The SMILES string of the molecule is COC(=O)c1cc(NC(=O)C(c2ccccc2)(c2ccccc2)c2ccccc2)cc(NC(=O)c2ccccc2F)c1F. The quantitative estimate of drug-likeness (QED) is 0.154. The van der Waals surface area contributed by atoms with Crippen molar-refractivity contribution in [3.8, 4) is 0 Å². The summed E-state index contributed by atoms with van der Waals surface area (Å²) in [5.74, 6) is -4.39. The number of esters is 1. The van der Waals surface area contributed by atoms with Crippen LogP contribution in [0.15, 0.2) is 127 Å². The number of carbonyl (C=O) groups is 3. The average Bonchev–Trinajstić information content (AvgIpc) is 3.04. The summed E-state index contributed by atoms with van der Waals surface area (Å²) in [6.45, 7) is 0. The molecule has 2 amide bonds. The second-order valence-corrected chi connectivity index (χ2v) is 9.61. The van der Waals surface area contributed by atoms with Crippen molar-refractivity contribution in [3.63, 3.8) is 0 Å². The van der Waals surface area contributed by atoms with Gasteiger partial charge in [0.25, 0.3) is 5.91 Å². The number of halogens is 2. The number of ether oxygens (including phenoxy) is 1. The standard InChI is InChI=1S/C35H26F2N2O4/c1-43-33(41)28-21-26(22-30(31(28)37)39-32(40)27-19-11-12-20-29(27)36)38-34(42)35(23-13-5-2-6-14-23,24-15-7-3-8-16-24)25-17-9-4-10-18-25/h2-22H,1H3,(H,38,42)(H,39,40). The lowest BCUT2D eigenvalue weighted by Crippen LogP contribution is -2.42. The molecule has 2 N–H and O–H groups in total. The van der Waals surface area contributed by atoms with E-state index in [4.69, 9.17) is 4.74 Å². The second kappa shape index (κ2) is 12.5. The van der Waals surface area contributed by atoms with Crippen LogP contribution in [-0.2, 0) is 14.9 Å². The van der Waals surface area contributed by atoms with E-state index in [1.54, 1.807) is 0 Å². The van der Waals surface area contributed by atoms with Gasteiger partial charge < -0.3 is 15.4 Å². The summed E-state index contributed by atoms with van der Waals surface area (Å²) in [5.41, 5.74) is -0.699. The molecule has 0 unspecified atom stereocenters. The third kappa shape index (κ3) is 5.63. The predicted octanol–water partition coefficient (Wildman–Crippen LogP) is 6.98. The minimum Gasteiger partial charge on any atom is -0.465 e. The van der Waals surface area contributed by atoms with Gasteiger partial charge in [-0.3, -0.25) is 9.59 Å². The maximum absolute atomic E-state index is 15.5. The summed E-state index contributed by atoms with van der Waals surface area (Å²) in [4.78, 5) is 40.0. The molecule has 0 aromatic heterocycles. The first kappa shape index (κ1) is 28.9. The maximum atomic E-state index is 15.5. The minimum atomic E-state index is -1.37. The van der Waals surface area contributed by atoms with Crippen molar-refractivity contribution >= 4 is 29.2 Å². The molecule has 0 aliphatic rings. The highest BCUT2D eigenvalue weighted by atomic mass is 19.1. The Morgan fingerprint density at radius 3 is 1.60 bits per heavy atom. The zero-order valence-electron chi connectivity index (χ0n) is 23.0. The van der Waals surface area contributed by atoms with Crippen LogP contribution in [0.25, 0.3) is 0 Å². The van der Waals surface area contributed by atoms with Gasteiger partial charge in [-0.25, -0.2) is 13.6 Å². The van der Waals surface area contributed by atoms with E-state index in [9.17, 15) is 18.8 Å². The van der Waals surface area contributed by atoms with E-state index >= 15 is 4.39 Å². The topological polar surface area (TPSA) is 84.5 Å². The van der Waals surface area contributed by atoms with Gasteiger partial charge in [0.05, 0.1) is 23.9 Å². The molecule has 0 fully saturated rings. The van der Waals surface area contributed by atoms with Gasteiger partial charge in [0.1, 0.15) is 11.2 Å². The van der Waals surface area contributed by atoms with Crippen LogP contribution in [0.3, 0.4) is 0 Å². The number of hydrogen-bond acceptors (Lipinski definition) is 4. The van der Waals surface area contributed by atoms with E-state index in [2.05, 4.69) is 10.6 Å². The Hall–Kier alpha value is -5.63. The fourth-order valence-electron chi connectivity index (χ4n) is 5.06. The molecule has 0 saturated carbocycles. The summed E-state index contributed by atoms with van der Waals surface area (Å²) in [7, 11) is 1.08. The molecule has 0 aliphatic carbocycles. The lowest BCUT2D eigenvalue weighted by molar-refractivity contribution is -0.119. The number of nitrogens with one attached hydrogen (secondary N) is 2. The van der Waals surface area contributed by atoms with Crippen LogP contribution in [0.5, 0.6) is 0 Å². The van der Waals surface area contributed by atoms with Crippen LogP contribution in [0.2, 0.25) is 0 Å². The highest BCUT2D eigenvalue weighted by Crippen LogP contribution is 2.40. The van der Waals surface area contributed by atoms with Crippen molar-refractivity contribution in [3.05, 3.63) is 167 Å². The molecule has 0 atom stereocenters. The number of benzene rings is 5. The van der Waals surface area contributed by atoms with Crippen LogP contribution in [0, 0.1) is 11.6 Å². The van der Waals surface area contributed by atoms with E-state index < -0.39 is 46.1 Å². The minimum absolute atomic E-state index is 0.00259. The van der Waals surface area contributed by atoms with Gasteiger partial charge in [-0.1, -0.05) is 103 Å². The Bertz CT molecular complexity index is 1680. The number of hydrogen-bond donors (Lipinski definition) is 2. The summed E-state index contributed by atoms with van der Waals surface area (Å²) in [6, 6.07) is 35.0. The largest absolute Gasteiger partial charge is 0.465 e. The molecule has 0 bridgehead atoms. The first-order valence-electron chi connectivity index (χ1n) is 13.3. The third-order valence-electron chi connectivity index (χ3n) is 7.06. The predicted molar refractivity (Wildman–Crippen MR) is 160 cm³/mol. The molecule has 0 saturated heterocycles. The van der Waals surface area contributed by atoms with Crippen molar-refractivity contribution in [1.29, 1.82) is 0 Å². The number of carbonyl (C=O) groups excluding carboxylic acids is 3. The van der Waals surface area contributed by atoms with Gasteiger partial charge in [-0.15, -0.1) is 0 Å². The van der Waals surface area contributed by atoms with Crippen LogP contribution < -0.4 is 10.6 Å². The molecule has 0 radical (unpaired) electrons. The van der Waals surface area contributed by atoms with Crippen molar-refractivity contribution in [2.75, 3.05) is 17.7 Å². The molecule has 0 spiro atoms. The normalized spacial score (nSPS) is 11.0. The van der Waals surface area contributed by atoms with Crippen LogP contribution in [0.1, 0.15) is 37.4 Å². The Labute approximate surface area is 247 Å². The summed E-state index contributed by atoms with van der Waals surface area (Å²) in [5, 5.41) is 5.17. The molecule has 6 nitrogen and oxygen atoms in total. The molecule has 5 aromatic carbocycles. The fourth-order valence-corrected chi connectivity index (χ4v) is 5.06. The maximum Gasteiger partial charge on any atom is 0.341 e. The van der Waals surface area contributed by atoms with E-state index in [1.165, 1.54) is 24.3 Å². The van der Waals surface area contributed by atoms with Crippen molar-refractivity contribution in [2.24, 2.45) is 0 Å². The van der Waals surface area contributed by atoms with E-state index in [0.717, 1.165) is 19.2 Å². The summed E-state index contributed by atoms with van der Waals surface area (Å²) in [6.07, 6.45) is 0. The van der Waals surface area contributed by atoms with Crippen LogP contribution >= 0.6 is 0 Å². The Morgan fingerprint density at radius 2 is 1.12 bits per heavy atom. The van der Waals surface area contributed by atoms with Gasteiger partial charge in [0.15, 0.2) is 5.82 Å². The Balaban J connectivity index is 1.65. The van der Waals surface area contributed by atoms with Gasteiger partial charge in [0.2, 0.25) is 5.91 Å². The summed E-state index contributed by atoms with van der Waals surface area (Å²) < 4.78 is 34.5. The molecule has 5 rings (SSSR count). The van der Waals surface area contributed by atoms with Gasteiger partial charge >= 0.3 is 5.97 Å². The Morgan fingerprint density at radius 1 is 0.628 bits per heavy atom. The first-order valence-corrected chi connectivity index (χ1v) is 13.3. The Kier molecular flexibility index (Phi) is 8.39. The number of methoxy groups -OCH3 is 1. The van der Waals surface area contributed by atoms with Crippen molar-refractivity contribution in [1.82, 2.24) is 0 Å². The van der Waals surface area contributed by atoms with Gasteiger partial charge in [0, 0.05) is 5.69 Å². The molecular formula is C35H26F2N2O4. The highest BCUT2D eigenvalue weighted by molar-refractivity contribution is 6.08. The molecule has 0 heterocycles. The molecule has 43 heavy (non-hydrogen) atoms. The van der Waals surface area contributed by atoms with Gasteiger partial charge in [-0.2, -0.15) is 0 Å². The number of amides is 2. The summed E-state index contributed by atoms with van der Waals surface area (Å²) >= 11 is 0. The molecule has 5 aromatic rings. The lowest BCUT2D eigenvalue weighted by Gasteiger charge is -2.34. The first-order chi connectivity index (χ1) is 20.9. The molecule has 8 heteroatoms. The fraction of sp³-hybridized carbons (Fsp3) is 0.0571. The number of anilines is 2. The lowest BCUT2D eigenvalue weighted by atomic mass is 9.68. The van der Waals surface area contributed by atoms with Crippen molar-refractivity contribution in [2.45, 2.75) is 5.41 Å². The zero-order valence-corrected chi connectivity index (χ0v) is 23.0. The molecule has 214 valence electrons. The smallest absolute Gasteiger partial charge is 0.341 e. The van der Waals surface area contributed by atoms with Gasteiger partial charge in [-0.05, 0) is 41.0 Å². The number of rotatable bonds is 8. The van der Waals surface area contributed by atoms with Crippen LogP contribution in [0.4, 0.5) is 20.2 Å². The molecular weight excluding hydrogens is 550 g/mol. The van der Waals surface area contributed by atoms with E-state index in [0.29, 0.717) is 16.7 Å².